The van der Waals surface area contributed by atoms with E-state index in [1.165, 1.54) is 11.8 Å². The number of rotatable bonds is 3. The van der Waals surface area contributed by atoms with Gasteiger partial charge in [-0.25, -0.2) is 0 Å². The summed E-state index contributed by atoms with van der Waals surface area (Å²) < 4.78 is 5.46. The molecule has 0 radical (unpaired) electrons. The number of hydrogen-bond donors (Lipinski definition) is 2. The van der Waals surface area contributed by atoms with Crippen molar-refractivity contribution in [1.82, 2.24) is 4.98 Å². The number of fused-ring (bicyclic) bond motifs is 2. The summed E-state index contributed by atoms with van der Waals surface area (Å²) in [6, 6.07) is 12.6. The molecule has 25 heavy (non-hydrogen) atoms. The third-order valence-electron chi connectivity index (χ3n) is 3.67. The van der Waals surface area contributed by atoms with E-state index in [1.807, 2.05) is 24.3 Å². The Hall–Kier alpha value is -2.51. The zero-order chi connectivity index (χ0) is 17.4. The standard InChI is InChI=1S/C17H12ClN3O3S/c18-9-5-6-12-11(7-9)20-17(24-12)21-15(22)8-14-16(23)19-10-3-1-2-4-13(10)25-14/h1-7,14H,8H2,(H,19,23)(H,20,21,22). The molecule has 0 saturated carbocycles. The summed E-state index contributed by atoms with van der Waals surface area (Å²) in [4.78, 5) is 29.5. The first-order chi connectivity index (χ1) is 12.1. The van der Waals surface area contributed by atoms with Crippen molar-refractivity contribution in [2.45, 2.75) is 16.6 Å². The van der Waals surface area contributed by atoms with Gasteiger partial charge in [-0.15, -0.1) is 11.8 Å². The van der Waals surface area contributed by atoms with E-state index in [-0.39, 0.29) is 24.2 Å². The van der Waals surface area contributed by atoms with E-state index in [2.05, 4.69) is 15.6 Å². The number of nitrogens with one attached hydrogen (secondary N) is 2. The van der Waals surface area contributed by atoms with Gasteiger partial charge in [0, 0.05) is 16.3 Å². The Bertz CT molecular complexity index is 988. The monoisotopic (exact) mass is 373 g/mol. The van der Waals surface area contributed by atoms with Crippen LogP contribution in [0.25, 0.3) is 11.1 Å². The van der Waals surface area contributed by atoms with E-state index in [0.717, 1.165) is 10.6 Å². The summed E-state index contributed by atoms with van der Waals surface area (Å²) in [7, 11) is 0. The molecule has 8 heteroatoms. The molecule has 2 amide bonds. The summed E-state index contributed by atoms with van der Waals surface area (Å²) in [5.41, 5.74) is 1.85. The number of aromatic nitrogens is 1. The van der Waals surface area contributed by atoms with Crippen LogP contribution < -0.4 is 10.6 Å². The number of carbonyl (C=O) groups excluding carboxylic acids is 2. The minimum Gasteiger partial charge on any atom is -0.423 e. The number of carbonyl (C=O) groups is 2. The van der Waals surface area contributed by atoms with Gasteiger partial charge < -0.3 is 9.73 Å². The van der Waals surface area contributed by atoms with Crippen molar-refractivity contribution in [2.75, 3.05) is 10.6 Å². The lowest BCUT2D eigenvalue weighted by Crippen LogP contribution is -2.32. The molecule has 4 rings (SSSR count). The third kappa shape index (κ3) is 3.33. The molecule has 0 aliphatic carbocycles. The molecule has 2 N–H and O–H groups in total. The Morgan fingerprint density at radius 1 is 1.32 bits per heavy atom. The van der Waals surface area contributed by atoms with Gasteiger partial charge in [-0.3, -0.25) is 14.9 Å². The van der Waals surface area contributed by atoms with Crippen molar-refractivity contribution in [3.63, 3.8) is 0 Å². The van der Waals surface area contributed by atoms with Crippen LogP contribution in [0.15, 0.2) is 51.8 Å². The average Bonchev–Trinajstić information content (AvgIpc) is 2.96. The lowest BCUT2D eigenvalue weighted by atomic mass is 10.2. The molecule has 1 unspecified atom stereocenters. The zero-order valence-corrected chi connectivity index (χ0v) is 14.4. The van der Waals surface area contributed by atoms with E-state index in [4.69, 9.17) is 16.0 Å². The van der Waals surface area contributed by atoms with E-state index in [9.17, 15) is 9.59 Å². The smallest absolute Gasteiger partial charge is 0.302 e. The molecule has 3 aromatic rings. The van der Waals surface area contributed by atoms with Crippen molar-refractivity contribution in [2.24, 2.45) is 0 Å². The van der Waals surface area contributed by atoms with Crippen LogP contribution in [-0.2, 0) is 9.59 Å². The van der Waals surface area contributed by atoms with Gasteiger partial charge in [-0.1, -0.05) is 23.7 Å². The predicted molar refractivity (Wildman–Crippen MR) is 97.0 cm³/mol. The van der Waals surface area contributed by atoms with E-state index < -0.39 is 5.25 Å². The first-order valence-electron chi connectivity index (χ1n) is 7.51. The topological polar surface area (TPSA) is 84.2 Å². The molecule has 2 aromatic carbocycles. The van der Waals surface area contributed by atoms with Crippen molar-refractivity contribution < 1.29 is 14.0 Å². The van der Waals surface area contributed by atoms with E-state index >= 15 is 0 Å². The van der Waals surface area contributed by atoms with Crippen molar-refractivity contribution in [1.29, 1.82) is 0 Å². The minimum atomic E-state index is -0.506. The number of benzene rings is 2. The maximum atomic E-state index is 12.3. The van der Waals surface area contributed by atoms with Crippen LogP contribution in [-0.4, -0.2) is 22.0 Å². The summed E-state index contributed by atoms with van der Waals surface area (Å²) >= 11 is 7.27. The maximum Gasteiger partial charge on any atom is 0.302 e. The number of oxazole rings is 1. The molecule has 6 nitrogen and oxygen atoms in total. The van der Waals surface area contributed by atoms with Crippen LogP contribution in [0.3, 0.4) is 0 Å². The average molecular weight is 374 g/mol. The molecule has 0 spiro atoms. The Labute approximate surface area is 151 Å². The highest BCUT2D eigenvalue weighted by molar-refractivity contribution is 8.01. The molecule has 1 aliphatic heterocycles. The number of thioether (sulfide) groups is 1. The maximum absolute atomic E-state index is 12.3. The van der Waals surface area contributed by atoms with Crippen LogP contribution in [0.1, 0.15) is 6.42 Å². The van der Waals surface area contributed by atoms with Crippen LogP contribution in [0, 0.1) is 0 Å². The molecule has 0 saturated heterocycles. The van der Waals surface area contributed by atoms with Gasteiger partial charge in [-0.2, -0.15) is 4.98 Å². The highest BCUT2D eigenvalue weighted by Gasteiger charge is 2.29. The molecule has 0 bridgehead atoms. The quantitative estimate of drug-likeness (QED) is 0.726. The second-order valence-corrected chi connectivity index (χ2v) is 7.16. The first-order valence-corrected chi connectivity index (χ1v) is 8.77. The molecule has 1 aliphatic rings. The summed E-state index contributed by atoms with van der Waals surface area (Å²) in [5.74, 6) is -0.534. The number of halogens is 1. The van der Waals surface area contributed by atoms with Crippen molar-refractivity contribution in [3.8, 4) is 0 Å². The lowest BCUT2D eigenvalue weighted by Gasteiger charge is -2.23. The Kier molecular flexibility index (Phi) is 4.10. The fourth-order valence-electron chi connectivity index (χ4n) is 2.52. The third-order valence-corrected chi connectivity index (χ3v) is 5.18. The van der Waals surface area contributed by atoms with Crippen LogP contribution in [0.4, 0.5) is 11.7 Å². The fourth-order valence-corrected chi connectivity index (χ4v) is 3.80. The Morgan fingerprint density at radius 3 is 3.04 bits per heavy atom. The molecule has 1 aromatic heterocycles. The van der Waals surface area contributed by atoms with Gasteiger partial charge in [0.1, 0.15) is 5.52 Å². The van der Waals surface area contributed by atoms with Gasteiger partial charge in [0.05, 0.1) is 10.9 Å². The SMILES string of the molecule is O=C(CC1Sc2ccccc2NC1=O)Nc1nc2cc(Cl)ccc2o1. The number of amides is 2. The summed E-state index contributed by atoms with van der Waals surface area (Å²) in [5, 5.41) is 5.43. The van der Waals surface area contributed by atoms with Gasteiger partial charge in [-0.05, 0) is 30.3 Å². The van der Waals surface area contributed by atoms with Gasteiger partial charge >= 0.3 is 6.01 Å². The highest BCUT2D eigenvalue weighted by atomic mass is 35.5. The van der Waals surface area contributed by atoms with Gasteiger partial charge in [0.25, 0.3) is 0 Å². The molecular weight excluding hydrogens is 362 g/mol. The summed E-state index contributed by atoms with van der Waals surface area (Å²) in [6.45, 7) is 0. The number of nitrogens with zero attached hydrogens (tertiary/aromatic N) is 1. The van der Waals surface area contributed by atoms with Crippen LogP contribution >= 0.6 is 23.4 Å². The van der Waals surface area contributed by atoms with Crippen LogP contribution in [0.5, 0.6) is 0 Å². The lowest BCUT2D eigenvalue weighted by molar-refractivity contribution is -0.120. The molecule has 0 fully saturated rings. The molecular formula is C17H12ClN3O3S. The van der Waals surface area contributed by atoms with Crippen LogP contribution in [0.2, 0.25) is 5.02 Å². The number of anilines is 2. The second-order valence-electron chi connectivity index (χ2n) is 5.48. The minimum absolute atomic E-state index is 0.0182. The first kappa shape index (κ1) is 16.0. The van der Waals surface area contributed by atoms with Crippen molar-refractivity contribution in [3.05, 3.63) is 47.5 Å². The van der Waals surface area contributed by atoms with Gasteiger partial charge in [0.15, 0.2) is 5.58 Å². The largest absolute Gasteiger partial charge is 0.423 e. The normalized spacial score (nSPS) is 16.4. The Morgan fingerprint density at radius 2 is 2.16 bits per heavy atom. The molecule has 1 atom stereocenters. The second kappa shape index (κ2) is 6.42. The number of para-hydroxylation sites is 1. The zero-order valence-electron chi connectivity index (χ0n) is 12.8. The predicted octanol–water partition coefficient (Wildman–Crippen LogP) is 3.92. The Balaban J connectivity index is 1.45. The van der Waals surface area contributed by atoms with E-state index in [1.54, 1.807) is 18.2 Å². The van der Waals surface area contributed by atoms with Gasteiger partial charge in [0.2, 0.25) is 11.8 Å². The fraction of sp³-hybridized carbons (Fsp3) is 0.118. The van der Waals surface area contributed by atoms with Crippen molar-refractivity contribution >= 4 is 58.0 Å². The number of hydrogen-bond acceptors (Lipinski definition) is 5. The highest BCUT2D eigenvalue weighted by Crippen LogP contribution is 2.36. The summed E-state index contributed by atoms with van der Waals surface area (Å²) in [6.07, 6.45) is 0.0182. The molecule has 2 heterocycles. The van der Waals surface area contributed by atoms with E-state index in [0.29, 0.717) is 16.1 Å². The molecule has 126 valence electrons.